The van der Waals surface area contributed by atoms with Crippen molar-refractivity contribution in [1.29, 1.82) is 0 Å². The van der Waals surface area contributed by atoms with E-state index in [1.54, 1.807) is 7.11 Å². The minimum absolute atomic E-state index is 0.0948. The summed E-state index contributed by atoms with van der Waals surface area (Å²) in [6.45, 7) is 6.09. The summed E-state index contributed by atoms with van der Waals surface area (Å²) in [5, 5.41) is 9.02. The van der Waals surface area contributed by atoms with E-state index < -0.39 is 5.54 Å². The molecule has 0 aromatic heterocycles. The van der Waals surface area contributed by atoms with E-state index in [1.165, 1.54) is 0 Å². The Bertz CT molecular complexity index is 372. The molecule has 90 valence electrons. The van der Waals surface area contributed by atoms with Crippen LogP contribution in [0.5, 0.6) is 5.75 Å². The lowest BCUT2D eigenvalue weighted by atomic mass is 9.85. The van der Waals surface area contributed by atoms with Gasteiger partial charge in [0, 0.05) is 12.1 Å². The lowest BCUT2D eigenvalue weighted by Crippen LogP contribution is -2.35. The second kappa shape index (κ2) is 4.85. The van der Waals surface area contributed by atoms with Crippen molar-refractivity contribution < 1.29 is 9.84 Å². The van der Waals surface area contributed by atoms with Crippen LogP contribution in [0, 0.1) is 13.8 Å². The van der Waals surface area contributed by atoms with Crippen molar-refractivity contribution in [2.45, 2.75) is 32.7 Å². The molecule has 0 bridgehead atoms. The van der Waals surface area contributed by atoms with Crippen molar-refractivity contribution >= 4 is 0 Å². The molecule has 1 aromatic carbocycles. The Morgan fingerprint density at radius 1 is 1.31 bits per heavy atom. The van der Waals surface area contributed by atoms with Gasteiger partial charge in [0.15, 0.2) is 0 Å². The zero-order chi connectivity index (χ0) is 12.3. The average molecular weight is 223 g/mol. The largest absolute Gasteiger partial charge is 0.496 e. The van der Waals surface area contributed by atoms with Crippen LogP contribution in [0.4, 0.5) is 0 Å². The van der Waals surface area contributed by atoms with Crippen molar-refractivity contribution in [2.24, 2.45) is 5.73 Å². The van der Waals surface area contributed by atoms with Crippen LogP contribution in [0.1, 0.15) is 30.0 Å². The molecule has 3 nitrogen and oxygen atoms in total. The third-order valence-electron chi connectivity index (χ3n) is 3.20. The molecular weight excluding hydrogens is 202 g/mol. The van der Waals surface area contributed by atoms with Crippen LogP contribution in [-0.2, 0) is 5.54 Å². The van der Waals surface area contributed by atoms with Gasteiger partial charge >= 0.3 is 0 Å². The molecule has 3 heteroatoms. The van der Waals surface area contributed by atoms with E-state index in [4.69, 9.17) is 15.6 Å². The minimum Gasteiger partial charge on any atom is -0.496 e. The maximum Gasteiger partial charge on any atom is 0.122 e. The van der Waals surface area contributed by atoms with Crippen molar-refractivity contribution in [3.63, 3.8) is 0 Å². The highest BCUT2D eigenvalue weighted by Gasteiger charge is 2.23. The predicted molar refractivity (Wildman–Crippen MR) is 65.7 cm³/mol. The standard InChI is InChI=1S/C13H21NO2/c1-9-10(2)12(16-4)6-5-11(9)13(3,14)7-8-15/h5-6,15H,7-8,14H2,1-4H3. The summed E-state index contributed by atoms with van der Waals surface area (Å²) < 4.78 is 5.26. The van der Waals surface area contributed by atoms with Gasteiger partial charge in [-0.05, 0) is 49.9 Å². The topological polar surface area (TPSA) is 55.5 Å². The molecule has 0 saturated heterocycles. The lowest BCUT2D eigenvalue weighted by Gasteiger charge is -2.27. The fraction of sp³-hybridized carbons (Fsp3) is 0.538. The predicted octanol–water partition coefficient (Wildman–Crippen LogP) is 1.87. The minimum atomic E-state index is -0.490. The quantitative estimate of drug-likeness (QED) is 0.819. The molecule has 0 spiro atoms. The highest BCUT2D eigenvalue weighted by molar-refractivity contribution is 5.46. The van der Waals surface area contributed by atoms with Gasteiger partial charge in [0.1, 0.15) is 5.75 Å². The van der Waals surface area contributed by atoms with Gasteiger partial charge in [0.05, 0.1) is 7.11 Å². The first-order valence-electron chi connectivity index (χ1n) is 5.48. The van der Waals surface area contributed by atoms with E-state index in [9.17, 15) is 0 Å². The van der Waals surface area contributed by atoms with Crippen LogP contribution >= 0.6 is 0 Å². The summed E-state index contributed by atoms with van der Waals surface area (Å²) in [7, 11) is 1.66. The SMILES string of the molecule is COc1ccc(C(C)(N)CCO)c(C)c1C. The van der Waals surface area contributed by atoms with Gasteiger partial charge in [0.25, 0.3) is 0 Å². The molecule has 1 rings (SSSR count). The van der Waals surface area contributed by atoms with E-state index >= 15 is 0 Å². The fourth-order valence-electron chi connectivity index (χ4n) is 2.00. The zero-order valence-corrected chi connectivity index (χ0v) is 10.5. The van der Waals surface area contributed by atoms with E-state index in [-0.39, 0.29) is 6.61 Å². The molecule has 0 amide bonds. The summed E-state index contributed by atoms with van der Waals surface area (Å²) in [6.07, 6.45) is 0.555. The average Bonchev–Trinajstić information content (AvgIpc) is 2.21. The Morgan fingerprint density at radius 3 is 2.44 bits per heavy atom. The van der Waals surface area contributed by atoms with Crippen molar-refractivity contribution in [3.05, 3.63) is 28.8 Å². The van der Waals surface area contributed by atoms with Gasteiger partial charge in [-0.1, -0.05) is 6.07 Å². The van der Waals surface area contributed by atoms with E-state index in [0.29, 0.717) is 6.42 Å². The van der Waals surface area contributed by atoms with Crippen LogP contribution in [0.3, 0.4) is 0 Å². The van der Waals surface area contributed by atoms with Gasteiger partial charge < -0.3 is 15.6 Å². The van der Waals surface area contributed by atoms with Crippen LogP contribution in [0.2, 0.25) is 0 Å². The summed E-state index contributed by atoms with van der Waals surface area (Å²) in [6, 6.07) is 3.91. The Morgan fingerprint density at radius 2 is 1.94 bits per heavy atom. The number of ether oxygens (including phenoxy) is 1. The molecule has 1 atom stereocenters. The van der Waals surface area contributed by atoms with Crippen LogP contribution in [-0.4, -0.2) is 18.8 Å². The van der Waals surface area contributed by atoms with Crippen LogP contribution in [0.15, 0.2) is 12.1 Å². The van der Waals surface area contributed by atoms with Crippen molar-refractivity contribution in [3.8, 4) is 5.75 Å². The number of hydrogen-bond acceptors (Lipinski definition) is 3. The highest BCUT2D eigenvalue weighted by atomic mass is 16.5. The second-order valence-corrected chi connectivity index (χ2v) is 4.46. The maximum absolute atomic E-state index is 9.02. The number of aliphatic hydroxyl groups excluding tert-OH is 1. The van der Waals surface area contributed by atoms with Gasteiger partial charge in [-0.25, -0.2) is 0 Å². The normalized spacial score (nSPS) is 14.6. The number of rotatable bonds is 4. The van der Waals surface area contributed by atoms with E-state index in [1.807, 2.05) is 32.9 Å². The lowest BCUT2D eigenvalue weighted by molar-refractivity contribution is 0.247. The Kier molecular flexibility index (Phi) is 3.94. The van der Waals surface area contributed by atoms with Crippen molar-refractivity contribution in [2.75, 3.05) is 13.7 Å². The van der Waals surface area contributed by atoms with Gasteiger partial charge in [-0.2, -0.15) is 0 Å². The van der Waals surface area contributed by atoms with E-state index in [2.05, 4.69) is 0 Å². The number of methoxy groups -OCH3 is 1. The molecule has 16 heavy (non-hydrogen) atoms. The molecule has 0 aliphatic carbocycles. The monoisotopic (exact) mass is 223 g/mol. The molecule has 0 heterocycles. The molecule has 0 aliphatic heterocycles. The molecule has 0 saturated carbocycles. The second-order valence-electron chi connectivity index (χ2n) is 4.46. The van der Waals surface area contributed by atoms with Crippen LogP contribution in [0.25, 0.3) is 0 Å². The summed E-state index contributed by atoms with van der Waals surface area (Å²) >= 11 is 0. The fourth-order valence-corrected chi connectivity index (χ4v) is 2.00. The summed E-state index contributed by atoms with van der Waals surface area (Å²) in [5.74, 6) is 0.876. The van der Waals surface area contributed by atoms with Gasteiger partial charge in [-0.15, -0.1) is 0 Å². The molecular formula is C13H21NO2. The third-order valence-corrected chi connectivity index (χ3v) is 3.20. The first-order valence-corrected chi connectivity index (χ1v) is 5.48. The Labute approximate surface area is 97.2 Å². The smallest absolute Gasteiger partial charge is 0.122 e. The molecule has 1 aromatic rings. The van der Waals surface area contributed by atoms with Gasteiger partial charge in [-0.3, -0.25) is 0 Å². The number of benzene rings is 1. The molecule has 3 N–H and O–H groups in total. The highest BCUT2D eigenvalue weighted by Crippen LogP contribution is 2.31. The maximum atomic E-state index is 9.02. The summed E-state index contributed by atoms with van der Waals surface area (Å²) in [4.78, 5) is 0. The zero-order valence-electron chi connectivity index (χ0n) is 10.5. The number of aliphatic hydroxyl groups is 1. The number of hydrogen-bond donors (Lipinski definition) is 2. The Hall–Kier alpha value is -1.06. The molecule has 0 fully saturated rings. The van der Waals surface area contributed by atoms with Crippen LogP contribution < -0.4 is 10.5 Å². The molecule has 0 aliphatic rings. The molecule has 0 radical (unpaired) electrons. The number of nitrogens with two attached hydrogens (primary N) is 1. The molecule has 1 unspecified atom stereocenters. The van der Waals surface area contributed by atoms with E-state index in [0.717, 1.165) is 22.4 Å². The summed E-state index contributed by atoms with van der Waals surface area (Å²) in [5.41, 5.74) is 9.03. The first-order chi connectivity index (χ1) is 7.44. The third kappa shape index (κ3) is 2.36. The first kappa shape index (κ1) is 13.0. The van der Waals surface area contributed by atoms with Crippen molar-refractivity contribution in [1.82, 2.24) is 0 Å². The Balaban J connectivity index is 3.21. The van der Waals surface area contributed by atoms with Gasteiger partial charge in [0.2, 0.25) is 0 Å².